The fourth-order valence-corrected chi connectivity index (χ4v) is 2.59. The monoisotopic (exact) mass is 284 g/mol. The zero-order valence-corrected chi connectivity index (χ0v) is 12.7. The van der Waals surface area contributed by atoms with Crippen LogP contribution in [0.25, 0.3) is 0 Å². The van der Waals surface area contributed by atoms with E-state index < -0.39 is 0 Å². The lowest BCUT2D eigenvalue weighted by atomic mass is 9.95. The van der Waals surface area contributed by atoms with E-state index in [0.29, 0.717) is 18.9 Å². The highest BCUT2D eigenvalue weighted by Crippen LogP contribution is 2.17. The van der Waals surface area contributed by atoms with E-state index in [1.54, 1.807) is 11.3 Å². The minimum Gasteiger partial charge on any atom is -0.396 e. The highest BCUT2D eigenvalue weighted by Gasteiger charge is 2.23. The molecule has 0 bridgehead atoms. The Balaban J connectivity index is 2.39. The van der Waals surface area contributed by atoms with E-state index in [-0.39, 0.29) is 18.2 Å². The number of amides is 2. The third kappa shape index (κ3) is 5.20. The van der Waals surface area contributed by atoms with Crippen molar-refractivity contribution in [1.29, 1.82) is 0 Å². The average molecular weight is 284 g/mol. The van der Waals surface area contributed by atoms with Gasteiger partial charge in [0, 0.05) is 18.7 Å². The van der Waals surface area contributed by atoms with Gasteiger partial charge in [0.05, 0.1) is 0 Å². The number of hydrogen-bond donors (Lipinski definition) is 3. The summed E-state index contributed by atoms with van der Waals surface area (Å²) in [7, 11) is 0. The Labute approximate surface area is 119 Å². The molecule has 2 atom stereocenters. The third-order valence-electron chi connectivity index (χ3n) is 3.54. The molecule has 3 N–H and O–H groups in total. The van der Waals surface area contributed by atoms with Crippen LogP contribution in [0.5, 0.6) is 0 Å². The van der Waals surface area contributed by atoms with Gasteiger partial charge in [-0.15, -0.1) is 0 Å². The number of hydrogen-bond acceptors (Lipinski definition) is 3. The summed E-state index contributed by atoms with van der Waals surface area (Å²) in [4.78, 5) is 11.9. The van der Waals surface area contributed by atoms with Gasteiger partial charge in [0.2, 0.25) is 0 Å². The maximum absolute atomic E-state index is 11.9. The van der Waals surface area contributed by atoms with Crippen LogP contribution < -0.4 is 10.6 Å². The second kappa shape index (κ2) is 7.50. The zero-order chi connectivity index (χ0) is 14.3. The molecule has 19 heavy (non-hydrogen) atoms. The summed E-state index contributed by atoms with van der Waals surface area (Å²) in [5.74, 6) is 0.308. The Kier molecular flexibility index (Phi) is 6.31. The largest absolute Gasteiger partial charge is 0.396 e. The molecule has 0 saturated heterocycles. The molecule has 108 valence electrons. The van der Waals surface area contributed by atoms with Crippen LogP contribution in [0.1, 0.15) is 45.1 Å². The van der Waals surface area contributed by atoms with Crippen LogP contribution in [0.4, 0.5) is 4.79 Å². The smallest absolute Gasteiger partial charge is 0.315 e. The molecule has 2 amide bonds. The maximum atomic E-state index is 11.9. The first kappa shape index (κ1) is 16.0. The summed E-state index contributed by atoms with van der Waals surface area (Å²) in [5, 5.41) is 19.0. The molecule has 0 fully saturated rings. The molecule has 4 nitrogen and oxygen atoms in total. The van der Waals surface area contributed by atoms with E-state index >= 15 is 0 Å². The summed E-state index contributed by atoms with van der Waals surface area (Å²) in [5.41, 5.74) is 0.906. The van der Waals surface area contributed by atoms with E-state index in [1.807, 2.05) is 19.2 Å². The van der Waals surface area contributed by atoms with Crippen molar-refractivity contribution in [2.45, 2.75) is 45.1 Å². The summed E-state index contributed by atoms with van der Waals surface area (Å²) in [6.45, 7) is 6.74. The fraction of sp³-hybridized carbons (Fsp3) is 0.643. The van der Waals surface area contributed by atoms with Gasteiger partial charge in [0.1, 0.15) is 0 Å². The second-order valence-electron chi connectivity index (χ2n) is 5.18. The molecule has 0 unspecified atom stereocenters. The van der Waals surface area contributed by atoms with Crippen LogP contribution in [0.15, 0.2) is 16.8 Å². The SMILES string of the molecule is CC[C@@](C)(CCO)NC(=O)NC[C@@H](C)c1ccsc1. The normalized spacial score (nSPS) is 15.6. The topological polar surface area (TPSA) is 61.4 Å². The standard InChI is InChI=1S/C14H24N2O2S/c1-4-14(3,6-7-17)16-13(18)15-9-11(2)12-5-8-19-10-12/h5,8,10-11,17H,4,6-7,9H2,1-3H3,(H2,15,16,18)/t11-,14+/m1/s1. The quantitative estimate of drug-likeness (QED) is 0.721. The molecule has 0 spiro atoms. The number of carbonyl (C=O) groups excluding carboxylic acids is 1. The predicted octanol–water partition coefficient (Wildman–Crippen LogP) is 2.70. The van der Waals surface area contributed by atoms with Gasteiger partial charge in [-0.25, -0.2) is 4.79 Å². The molecule has 5 heteroatoms. The van der Waals surface area contributed by atoms with Crippen molar-refractivity contribution in [3.63, 3.8) is 0 Å². The molecule has 0 saturated carbocycles. The summed E-state index contributed by atoms with van der Waals surface area (Å²) < 4.78 is 0. The molecule has 0 aliphatic rings. The van der Waals surface area contributed by atoms with Crippen LogP contribution in [0.2, 0.25) is 0 Å². The van der Waals surface area contributed by atoms with E-state index in [9.17, 15) is 4.79 Å². The Morgan fingerprint density at radius 3 is 2.84 bits per heavy atom. The van der Waals surface area contributed by atoms with E-state index in [1.165, 1.54) is 5.56 Å². The highest BCUT2D eigenvalue weighted by molar-refractivity contribution is 7.07. The first-order valence-corrected chi connectivity index (χ1v) is 7.64. The van der Waals surface area contributed by atoms with Crippen molar-refractivity contribution in [2.24, 2.45) is 0 Å². The van der Waals surface area contributed by atoms with Crippen LogP contribution in [0, 0.1) is 0 Å². The number of aliphatic hydroxyl groups excluding tert-OH is 1. The Morgan fingerprint density at radius 2 is 2.32 bits per heavy atom. The van der Waals surface area contributed by atoms with E-state index in [4.69, 9.17) is 5.11 Å². The van der Waals surface area contributed by atoms with Crippen LogP contribution in [-0.4, -0.2) is 29.8 Å². The molecule has 1 rings (SSSR count). The average Bonchev–Trinajstić information content (AvgIpc) is 2.90. The molecule has 1 aromatic heterocycles. The minimum absolute atomic E-state index is 0.0793. The van der Waals surface area contributed by atoms with Crippen molar-refractivity contribution >= 4 is 17.4 Å². The van der Waals surface area contributed by atoms with Crippen molar-refractivity contribution in [1.82, 2.24) is 10.6 Å². The summed E-state index contributed by atoms with van der Waals surface area (Å²) in [6.07, 6.45) is 1.36. The van der Waals surface area contributed by atoms with E-state index in [0.717, 1.165) is 6.42 Å². The van der Waals surface area contributed by atoms with Gasteiger partial charge in [0.15, 0.2) is 0 Å². The van der Waals surface area contributed by atoms with E-state index in [2.05, 4.69) is 29.0 Å². The lowest BCUT2D eigenvalue weighted by Crippen LogP contribution is -2.50. The van der Waals surface area contributed by atoms with Gasteiger partial charge in [-0.1, -0.05) is 13.8 Å². The Morgan fingerprint density at radius 1 is 1.58 bits per heavy atom. The second-order valence-corrected chi connectivity index (χ2v) is 5.96. The van der Waals surface area contributed by atoms with Crippen molar-refractivity contribution in [3.05, 3.63) is 22.4 Å². The summed E-state index contributed by atoms with van der Waals surface area (Å²) in [6, 6.07) is 1.91. The number of aliphatic hydroxyl groups is 1. The number of nitrogens with one attached hydrogen (secondary N) is 2. The predicted molar refractivity (Wildman–Crippen MR) is 79.7 cm³/mol. The van der Waals surface area contributed by atoms with Gasteiger partial charge < -0.3 is 15.7 Å². The molecule has 0 aliphatic heterocycles. The number of carbonyl (C=O) groups is 1. The number of rotatable bonds is 7. The molecule has 1 heterocycles. The highest BCUT2D eigenvalue weighted by atomic mass is 32.1. The van der Waals surface area contributed by atoms with Gasteiger partial charge in [0.25, 0.3) is 0 Å². The molecule has 0 aromatic carbocycles. The maximum Gasteiger partial charge on any atom is 0.315 e. The lowest BCUT2D eigenvalue weighted by Gasteiger charge is -2.29. The lowest BCUT2D eigenvalue weighted by molar-refractivity contribution is 0.200. The first-order chi connectivity index (χ1) is 9.00. The minimum atomic E-state index is -0.343. The zero-order valence-electron chi connectivity index (χ0n) is 11.9. The van der Waals surface area contributed by atoms with Crippen molar-refractivity contribution in [3.8, 4) is 0 Å². The van der Waals surface area contributed by atoms with Gasteiger partial charge in [-0.2, -0.15) is 11.3 Å². The molecule has 0 aliphatic carbocycles. The number of thiophene rings is 1. The van der Waals surface area contributed by atoms with Gasteiger partial charge in [-0.3, -0.25) is 0 Å². The molecule has 0 radical (unpaired) electrons. The van der Waals surface area contributed by atoms with Crippen molar-refractivity contribution < 1.29 is 9.90 Å². The van der Waals surface area contributed by atoms with Crippen molar-refractivity contribution in [2.75, 3.05) is 13.2 Å². The molecular formula is C14H24N2O2S. The summed E-state index contributed by atoms with van der Waals surface area (Å²) >= 11 is 1.67. The van der Waals surface area contributed by atoms with Gasteiger partial charge in [-0.05, 0) is 48.1 Å². The Hall–Kier alpha value is -1.07. The molecular weight excluding hydrogens is 260 g/mol. The van der Waals surface area contributed by atoms with Gasteiger partial charge >= 0.3 is 6.03 Å². The van der Waals surface area contributed by atoms with Crippen LogP contribution >= 0.6 is 11.3 Å². The van der Waals surface area contributed by atoms with Crippen LogP contribution in [0.3, 0.4) is 0 Å². The first-order valence-electron chi connectivity index (χ1n) is 6.69. The molecule has 1 aromatic rings. The number of urea groups is 1. The fourth-order valence-electron chi connectivity index (χ4n) is 1.81. The third-order valence-corrected chi connectivity index (χ3v) is 4.24. The Bertz CT molecular complexity index is 381. The van der Waals surface area contributed by atoms with Crippen LogP contribution in [-0.2, 0) is 0 Å².